The van der Waals surface area contributed by atoms with Crippen molar-refractivity contribution < 1.29 is 4.39 Å². The molecule has 0 fully saturated rings. The number of halogens is 1. The van der Waals surface area contributed by atoms with Gasteiger partial charge in [0, 0.05) is 17.1 Å². The summed E-state index contributed by atoms with van der Waals surface area (Å²) in [7, 11) is 0. The molecule has 1 nitrogen and oxygen atoms in total. The van der Waals surface area contributed by atoms with Gasteiger partial charge in [-0.25, -0.2) is 4.39 Å². The first-order valence-corrected chi connectivity index (χ1v) is 9.81. The predicted octanol–water partition coefficient (Wildman–Crippen LogP) is 7.91. The lowest BCUT2D eigenvalue weighted by molar-refractivity contribution is 0.628. The van der Waals surface area contributed by atoms with Crippen molar-refractivity contribution in [2.75, 3.05) is 4.90 Å². The third-order valence-corrected chi connectivity index (χ3v) is 4.04. The third-order valence-electron chi connectivity index (χ3n) is 4.04. The number of rotatable bonds is 3. The standard InChI is InChI=1S/C18H16FN.C6H6.C2H6/c19-15-11-13-18(14-12-15)20(16-7-3-1-4-8-16)17-9-5-2-6-10-17;1-2-4-6-5-3-1;1-2/h1-5,7-9,11-14H,6,10H2;1-6H;1-2H3. The highest BCUT2D eigenvalue weighted by molar-refractivity contribution is 5.68. The minimum atomic E-state index is -0.209. The lowest BCUT2D eigenvalue weighted by Gasteiger charge is -2.28. The highest BCUT2D eigenvalue weighted by Crippen LogP contribution is 2.32. The molecule has 3 aromatic rings. The number of anilines is 2. The van der Waals surface area contributed by atoms with Crippen LogP contribution in [-0.2, 0) is 0 Å². The van der Waals surface area contributed by atoms with Crippen molar-refractivity contribution in [2.24, 2.45) is 0 Å². The van der Waals surface area contributed by atoms with Gasteiger partial charge in [-0.15, -0.1) is 0 Å². The van der Waals surface area contributed by atoms with E-state index in [-0.39, 0.29) is 5.82 Å². The summed E-state index contributed by atoms with van der Waals surface area (Å²) < 4.78 is 13.2. The van der Waals surface area contributed by atoms with E-state index < -0.39 is 0 Å². The van der Waals surface area contributed by atoms with Crippen LogP contribution >= 0.6 is 0 Å². The van der Waals surface area contributed by atoms with Crippen LogP contribution in [0, 0.1) is 5.82 Å². The predicted molar refractivity (Wildman–Crippen MR) is 119 cm³/mol. The number of allylic oxidation sites excluding steroid dienone is 4. The summed E-state index contributed by atoms with van der Waals surface area (Å²) in [5.74, 6) is -0.209. The molecule has 0 heterocycles. The van der Waals surface area contributed by atoms with E-state index in [1.54, 1.807) is 0 Å². The molecule has 0 N–H and O–H groups in total. The Labute approximate surface area is 168 Å². The maximum absolute atomic E-state index is 13.2. The summed E-state index contributed by atoms with van der Waals surface area (Å²) in [6, 6.07) is 28.8. The zero-order chi connectivity index (χ0) is 20.0. The number of hydrogen-bond acceptors (Lipinski definition) is 1. The van der Waals surface area contributed by atoms with Crippen LogP contribution in [0.3, 0.4) is 0 Å². The molecule has 28 heavy (non-hydrogen) atoms. The average Bonchev–Trinajstić information content (AvgIpc) is 2.80. The van der Waals surface area contributed by atoms with Gasteiger partial charge in [-0.2, -0.15) is 0 Å². The van der Waals surface area contributed by atoms with Crippen molar-refractivity contribution in [2.45, 2.75) is 26.7 Å². The molecule has 1 aliphatic rings. The van der Waals surface area contributed by atoms with E-state index in [0.29, 0.717) is 0 Å². The largest absolute Gasteiger partial charge is 0.314 e. The van der Waals surface area contributed by atoms with Crippen LogP contribution < -0.4 is 4.90 Å². The van der Waals surface area contributed by atoms with E-state index in [2.05, 4.69) is 35.3 Å². The Hall–Kier alpha value is -3.13. The van der Waals surface area contributed by atoms with Crippen LogP contribution in [-0.4, -0.2) is 0 Å². The van der Waals surface area contributed by atoms with Gasteiger partial charge in [0.1, 0.15) is 5.82 Å². The number of hydrogen-bond donors (Lipinski definition) is 0. The van der Waals surface area contributed by atoms with Crippen molar-refractivity contribution in [1.29, 1.82) is 0 Å². The molecule has 3 aromatic carbocycles. The highest BCUT2D eigenvalue weighted by atomic mass is 19.1. The van der Waals surface area contributed by atoms with Crippen LogP contribution in [0.25, 0.3) is 0 Å². The smallest absolute Gasteiger partial charge is 0.123 e. The van der Waals surface area contributed by atoms with Gasteiger partial charge in [-0.3, -0.25) is 0 Å². The summed E-state index contributed by atoms with van der Waals surface area (Å²) in [5, 5.41) is 0. The minimum absolute atomic E-state index is 0.209. The van der Waals surface area contributed by atoms with Crippen molar-refractivity contribution in [1.82, 2.24) is 0 Å². The van der Waals surface area contributed by atoms with Crippen molar-refractivity contribution in [3.8, 4) is 0 Å². The Morgan fingerprint density at radius 2 is 1.18 bits per heavy atom. The van der Waals surface area contributed by atoms with Gasteiger partial charge in [0.25, 0.3) is 0 Å². The second-order valence-corrected chi connectivity index (χ2v) is 5.93. The van der Waals surface area contributed by atoms with E-state index >= 15 is 0 Å². The van der Waals surface area contributed by atoms with Gasteiger partial charge >= 0.3 is 0 Å². The summed E-state index contributed by atoms with van der Waals surface area (Å²) in [5.41, 5.74) is 3.31. The lowest BCUT2D eigenvalue weighted by atomic mass is 10.1. The molecule has 1 aliphatic carbocycles. The van der Waals surface area contributed by atoms with E-state index in [1.165, 1.54) is 17.8 Å². The summed E-state index contributed by atoms with van der Waals surface area (Å²) in [4.78, 5) is 2.18. The van der Waals surface area contributed by atoms with Gasteiger partial charge in [0.05, 0.1) is 0 Å². The zero-order valence-electron chi connectivity index (χ0n) is 16.6. The van der Waals surface area contributed by atoms with Crippen molar-refractivity contribution in [3.05, 3.63) is 121 Å². The van der Waals surface area contributed by atoms with Crippen LogP contribution in [0.2, 0.25) is 0 Å². The minimum Gasteiger partial charge on any atom is -0.314 e. The summed E-state index contributed by atoms with van der Waals surface area (Å²) >= 11 is 0. The first-order valence-electron chi connectivity index (χ1n) is 9.81. The van der Waals surface area contributed by atoms with Crippen LogP contribution in [0.15, 0.2) is 115 Å². The molecule has 0 aromatic heterocycles. The van der Waals surface area contributed by atoms with Gasteiger partial charge in [0.2, 0.25) is 0 Å². The average molecular weight is 374 g/mol. The van der Waals surface area contributed by atoms with E-state index in [9.17, 15) is 4.39 Å². The monoisotopic (exact) mass is 373 g/mol. The first kappa shape index (κ1) is 21.2. The second kappa shape index (κ2) is 12.3. The second-order valence-electron chi connectivity index (χ2n) is 5.93. The van der Waals surface area contributed by atoms with Gasteiger partial charge in [-0.1, -0.05) is 80.6 Å². The molecule has 0 saturated carbocycles. The number of benzene rings is 3. The molecule has 0 spiro atoms. The maximum Gasteiger partial charge on any atom is 0.123 e. The zero-order valence-corrected chi connectivity index (χ0v) is 16.6. The maximum atomic E-state index is 13.2. The first-order chi connectivity index (χ1) is 13.8. The molecule has 0 atom stereocenters. The van der Waals surface area contributed by atoms with Gasteiger partial charge in [-0.05, 0) is 55.3 Å². The molecule has 2 heteroatoms. The fourth-order valence-corrected chi connectivity index (χ4v) is 2.81. The Bertz CT molecular complexity index is 810. The van der Waals surface area contributed by atoms with E-state index in [1.807, 2.05) is 80.6 Å². The molecule has 4 rings (SSSR count). The molecule has 0 bridgehead atoms. The lowest BCUT2D eigenvalue weighted by Crippen LogP contribution is -2.17. The van der Waals surface area contributed by atoms with Gasteiger partial charge < -0.3 is 4.90 Å². The number of para-hydroxylation sites is 1. The molecular weight excluding hydrogens is 345 g/mol. The van der Waals surface area contributed by atoms with E-state index in [0.717, 1.165) is 24.2 Å². The molecule has 0 radical (unpaired) electrons. The Morgan fingerprint density at radius 1 is 0.679 bits per heavy atom. The highest BCUT2D eigenvalue weighted by Gasteiger charge is 2.14. The fraction of sp³-hybridized carbons (Fsp3) is 0.154. The normalized spacial score (nSPS) is 11.9. The van der Waals surface area contributed by atoms with Crippen LogP contribution in [0.4, 0.5) is 15.8 Å². The SMILES string of the molecule is CC.Fc1ccc(N(C2=CC=CCC2)c2ccccc2)cc1.c1ccccc1. The third kappa shape index (κ3) is 6.55. The Balaban J connectivity index is 0.000000296. The molecule has 0 aliphatic heterocycles. The quantitative estimate of drug-likeness (QED) is 0.451. The van der Waals surface area contributed by atoms with Crippen molar-refractivity contribution in [3.63, 3.8) is 0 Å². The van der Waals surface area contributed by atoms with Gasteiger partial charge in [0.15, 0.2) is 0 Å². The molecular formula is C26H28FN. The Kier molecular flexibility index (Phi) is 9.30. The molecule has 0 unspecified atom stereocenters. The van der Waals surface area contributed by atoms with E-state index in [4.69, 9.17) is 0 Å². The molecule has 0 amide bonds. The molecule has 0 saturated heterocycles. The summed E-state index contributed by atoms with van der Waals surface area (Å²) in [6.45, 7) is 4.00. The van der Waals surface area contributed by atoms with Crippen LogP contribution in [0.1, 0.15) is 26.7 Å². The number of nitrogens with zero attached hydrogens (tertiary/aromatic N) is 1. The topological polar surface area (TPSA) is 3.24 Å². The van der Waals surface area contributed by atoms with Crippen molar-refractivity contribution >= 4 is 11.4 Å². The molecule has 144 valence electrons. The fourth-order valence-electron chi connectivity index (χ4n) is 2.81. The summed E-state index contributed by atoms with van der Waals surface area (Å²) in [6.07, 6.45) is 8.40. The Morgan fingerprint density at radius 3 is 1.68 bits per heavy atom. The van der Waals surface area contributed by atoms with Crippen LogP contribution in [0.5, 0.6) is 0 Å².